The van der Waals surface area contributed by atoms with Crippen LogP contribution in [0.1, 0.15) is 5.56 Å². The summed E-state index contributed by atoms with van der Waals surface area (Å²) in [6.07, 6.45) is 1.20. The van der Waals surface area contributed by atoms with Gasteiger partial charge in [-0.05, 0) is 24.6 Å². The molecule has 1 aromatic carbocycles. The maximum atomic E-state index is 13.5. The van der Waals surface area contributed by atoms with Crippen molar-refractivity contribution in [1.82, 2.24) is 4.98 Å². The number of ether oxygens (including phenoxy) is 1. The zero-order valence-electron chi connectivity index (χ0n) is 9.76. The fourth-order valence-electron chi connectivity index (χ4n) is 1.44. The summed E-state index contributed by atoms with van der Waals surface area (Å²) < 4.78 is 18.7. The molecule has 5 nitrogen and oxygen atoms in total. The number of hydrogen-bond donors (Lipinski definition) is 0. The van der Waals surface area contributed by atoms with E-state index < -0.39 is 10.7 Å². The molecule has 19 heavy (non-hydrogen) atoms. The van der Waals surface area contributed by atoms with Gasteiger partial charge in [0, 0.05) is 12.3 Å². The van der Waals surface area contributed by atoms with Gasteiger partial charge in [0.2, 0.25) is 5.75 Å². The van der Waals surface area contributed by atoms with Gasteiger partial charge in [0.15, 0.2) is 5.82 Å². The molecular weight excluding hydrogens is 275 g/mol. The number of rotatable bonds is 3. The minimum atomic E-state index is -0.789. The van der Waals surface area contributed by atoms with Gasteiger partial charge in [-0.3, -0.25) is 10.1 Å². The van der Waals surface area contributed by atoms with Crippen LogP contribution in [0.3, 0.4) is 0 Å². The lowest BCUT2D eigenvalue weighted by molar-refractivity contribution is -0.385. The van der Waals surface area contributed by atoms with Crippen molar-refractivity contribution < 1.29 is 14.1 Å². The molecule has 0 saturated carbocycles. The lowest BCUT2D eigenvalue weighted by Crippen LogP contribution is -1.97. The molecule has 0 bridgehead atoms. The van der Waals surface area contributed by atoms with Crippen LogP contribution in [0.4, 0.5) is 10.1 Å². The topological polar surface area (TPSA) is 65.3 Å². The third-order valence-corrected chi connectivity index (χ3v) is 2.50. The highest BCUT2D eigenvalue weighted by atomic mass is 35.5. The molecule has 0 saturated heterocycles. The highest BCUT2D eigenvalue weighted by Gasteiger charge is 2.18. The van der Waals surface area contributed by atoms with E-state index in [2.05, 4.69) is 4.98 Å². The smallest absolute Gasteiger partial charge is 0.311 e. The first-order chi connectivity index (χ1) is 8.97. The van der Waals surface area contributed by atoms with Crippen molar-refractivity contribution in [1.29, 1.82) is 0 Å². The van der Waals surface area contributed by atoms with Gasteiger partial charge in [0.05, 0.1) is 9.95 Å². The molecule has 98 valence electrons. The number of pyridine rings is 1. The number of nitro benzene ring substituents is 1. The largest absolute Gasteiger partial charge is 0.429 e. The zero-order valence-corrected chi connectivity index (χ0v) is 10.5. The molecule has 0 amide bonds. The van der Waals surface area contributed by atoms with Crippen LogP contribution >= 0.6 is 11.6 Å². The molecule has 7 heteroatoms. The standard InChI is InChI=1S/C12H8ClFN2O3/c1-7-2-3-10(16(17)18)11(4-7)19-12-9(14)5-8(13)6-15-12/h2-6H,1H3. The Balaban J connectivity index is 2.42. The number of nitro groups is 1. The van der Waals surface area contributed by atoms with Crippen LogP contribution in [0.2, 0.25) is 5.02 Å². The van der Waals surface area contributed by atoms with Crippen LogP contribution in [0, 0.1) is 22.9 Å². The first-order valence-electron chi connectivity index (χ1n) is 5.21. The van der Waals surface area contributed by atoms with Crippen molar-refractivity contribution in [3.63, 3.8) is 0 Å². The fourth-order valence-corrected chi connectivity index (χ4v) is 1.58. The molecular formula is C12H8ClFN2O3. The molecule has 0 aliphatic rings. The molecule has 1 aromatic heterocycles. The molecule has 0 fully saturated rings. The third-order valence-electron chi connectivity index (χ3n) is 2.29. The Hall–Kier alpha value is -2.21. The summed E-state index contributed by atoms with van der Waals surface area (Å²) in [5.74, 6) is -1.22. The van der Waals surface area contributed by atoms with Crippen molar-refractivity contribution in [2.45, 2.75) is 6.92 Å². The summed E-state index contributed by atoms with van der Waals surface area (Å²) in [6.45, 7) is 1.74. The minimum absolute atomic E-state index is 0.0706. The molecule has 2 aromatic rings. The van der Waals surface area contributed by atoms with Crippen LogP contribution in [-0.2, 0) is 0 Å². The monoisotopic (exact) mass is 282 g/mol. The first kappa shape index (κ1) is 13.2. The molecule has 0 aliphatic carbocycles. The van der Waals surface area contributed by atoms with Crippen LogP contribution < -0.4 is 4.74 Å². The van der Waals surface area contributed by atoms with Crippen molar-refractivity contribution >= 4 is 17.3 Å². The molecule has 0 aliphatic heterocycles. The van der Waals surface area contributed by atoms with Gasteiger partial charge in [-0.2, -0.15) is 0 Å². The fraction of sp³-hybridized carbons (Fsp3) is 0.0833. The van der Waals surface area contributed by atoms with E-state index in [1.165, 1.54) is 18.3 Å². The third kappa shape index (κ3) is 2.97. The lowest BCUT2D eigenvalue weighted by atomic mass is 10.2. The SMILES string of the molecule is Cc1ccc([N+](=O)[O-])c(Oc2ncc(Cl)cc2F)c1. The highest BCUT2D eigenvalue weighted by molar-refractivity contribution is 6.30. The summed E-state index contributed by atoms with van der Waals surface area (Å²) in [5, 5.41) is 11.0. The maximum absolute atomic E-state index is 13.5. The molecule has 1 heterocycles. The van der Waals surface area contributed by atoms with Crippen molar-refractivity contribution in [2.75, 3.05) is 0 Å². The predicted octanol–water partition coefficient (Wildman–Crippen LogP) is 3.88. The zero-order chi connectivity index (χ0) is 14.0. The van der Waals surface area contributed by atoms with Gasteiger partial charge in [-0.25, -0.2) is 9.37 Å². The second-order valence-corrected chi connectivity index (χ2v) is 4.21. The lowest BCUT2D eigenvalue weighted by Gasteiger charge is -2.07. The van der Waals surface area contributed by atoms with E-state index in [1.54, 1.807) is 13.0 Å². The molecule has 0 atom stereocenters. The number of benzene rings is 1. The second kappa shape index (κ2) is 5.19. The summed E-state index contributed by atoms with van der Waals surface area (Å²) in [4.78, 5) is 13.9. The van der Waals surface area contributed by atoms with Crippen molar-refractivity contribution in [2.24, 2.45) is 0 Å². The van der Waals surface area contributed by atoms with Gasteiger partial charge >= 0.3 is 5.69 Å². The van der Waals surface area contributed by atoms with Gasteiger partial charge in [-0.15, -0.1) is 0 Å². The van der Waals surface area contributed by atoms with Crippen molar-refractivity contribution in [3.05, 3.63) is 57.0 Å². The van der Waals surface area contributed by atoms with Gasteiger partial charge in [0.25, 0.3) is 5.88 Å². The summed E-state index contributed by atoms with van der Waals surface area (Å²) in [5.41, 5.74) is 0.483. The van der Waals surface area contributed by atoms with E-state index >= 15 is 0 Å². The van der Waals surface area contributed by atoms with Gasteiger partial charge < -0.3 is 4.74 Å². The molecule has 0 spiro atoms. The summed E-state index contributed by atoms with van der Waals surface area (Å²) >= 11 is 5.56. The Labute approximate surface area is 112 Å². The van der Waals surface area contributed by atoms with E-state index in [0.29, 0.717) is 0 Å². The number of aromatic nitrogens is 1. The van der Waals surface area contributed by atoms with E-state index in [4.69, 9.17) is 16.3 Å². The minimum Gasteiger partial charge on any atom is -0.429 e. The molecule has 0 radical (unpaired) electrons. The summed E-state index contributed by atoms with van der Waals surface area (Å²) in [7, 11) is 0. The van der Waals surface area contributed by atoms with Gasteiger partial charge in [0.1, 0.15) is 0 Å². The Bertz CT molecular complexity index is 649. The molecule has 0 unspecified atom stereocenters. The van der Waals surface area contributed by atoms with Gasteiger partial charge in [-0.1, -0.05) is 17.7 Å². The van der Waals surface area contributed by atoms with E-state index in [-0.39, 0.29) is 22.3 Å². The summed E-state index contributed by atoms with van der Waals surface area (Å²) in [6, 6.07) is 5.31. The highest BCUT2D eigenvalue weighted by Crippen LogP contribution is 2.32. The van der Waals surface area contributed by atoms with Crippen LogP contribution in [0.5, 0.6) is 11.6 Å². The van der Waals surface area contributed by atoms with E-state index in [1.807, 2.05) is 0 Å². The average Bonchev–Trinajstić information content (AvgIpc) is 2.32. The Kier molecular flexibility index (Phi) is 3.62. The first-order valence-corrected chi connectivity index (χ1v) is 5.59. The normalized spacial score (nSPS) is 10.3. The number of nitrogens with zero attached hydrogens (tertiary/aromatic N) is 2. The number of aryl methyl sites for hydroxylation is 1. The average molecular weight is 283 g/mol. The molecule has 2 rings (SSSR count). The number of hydrogen-bond acceptors (Lipinski definition) is 4. The van der Waals surface area contributed by atoms with Crippen LogP contribution in [-0.4, -0.2) is 9.91 Å². The van der Waals surface area contributed by atoms with Crippen molar-refractivity contribution in [3.8, 4) is 11.6 Å². The van der Waals surface area contributed by atoms with E-state index in [0.717, 1.165) is 11.6 Å². The van der Waals surface area contributed by atoms with E-state index in [9.17, 15) is 14.5 Å². The quantitative estimate of drug-likeness (QED) is 0.633. The van der Waals surface area contributed by atoms with Crippen LogP contribution in [0.15, 0.2) is 30.5 Å². The molecule has 0 N–H and O–H groups in total. The predicted molar refractivity (Wildman–Crippen MR) is 67.1 cm³/mol. The maximum Gasteiger partial charge on any atom is 0.311 e. The van der Waals surface area contributed by atoms with Crippen LogP contribution in [0.25, 0.3) is 0 Å². The number of halogens is 2. The Morgan fingerprint density at radius 3 is 2.79 bits per heavy atom. The Morgan fingerprint density at radius 2 is 2.16 bits per heavy atom. The Morgan fingerprint density at radius 1 is 1.42 bits per heavy atom. The second-order valence-electron chi connectivity index (χ2n) is 3.77.